The van der Waals surface area contributed by atoms with E-state index in [9.17, 15) is 0 Å². The Morgan fingerprint density at radius 2 is 2.28 bits per heavy atom. The number of halogens is 1. The van der Waals surface area contributed by atoms with Crippen LogP contribution < -0.4 is 5.32 Å². The summed E-state index contributed by atoms with van der Waals surface area (Å²) in [5.74, 6) is 0.809. The molecule has 0 amide bonds. The second kappa shape index (κ2) is 6.41. The molecule has 96 valence electrons. The Balaban J connectivity index is 2.33. The molecule has 2 aromatic heterocycles. The molecule has 0 aromatic carbocycles. The number of aromatic nitrogens is 2. The van der Waals surface area contributed by atoms with E-state index in [0.717, 1.165) is 29.0 Å². The molecule has 2 aromatic rings. The highest BCUT2D eigenvalue weighted by atomic mass is 79.9. The van der Waals surface area contributed by atoms with Crippen LogP contribution in [0.1, 0.15) is 35.8 Å². The van der Waals surface area contributed by atoms with Crippen molar-refractivity contribution in [1.82, 2.24) is 15.3 Å². The summed E-state index contributed by atoms with van der Waals surface area (Å²) in [5, 5.41) is 5.64. The normalized spacial score (nSPS) is 12.6. The summed E-state index contributed by atoms with van der Waals surface area (Å²) in [6.07, 6.45) is 2.92. The highest BCUT2D eigenvalue weighted by Crippen LogP contribution is 2.32. The number of nitrogens with one attached hydrogen (secondary N) is 1. The Morgan fingerprint density at radius 3 is 2.89 bits per heavy atom. The van der Waals surface area contributed by atoms with E-state index in [4.69, 9.17) is 0 Å². The van der Waals surface area contributed by atoms with Gasteiger partial charge in [-0.05, 0) is 53.3 Å². The molecule has 0 saturated heterocycles. The number of aryl methyl sites for hydroxylation is 1. The van der Waals surface area contributed by atoms with E-state index in [1.165, 1.54) is 4.88 Å². The largest absolute Gasteiger partial charge is 0.304 e. The molecule has 0 spiro atoms. The molecule has 18 heavy (non-hydrogen) atoms. The molecule has 5 heteroatoms. The number of rotatable bonds is 5. The second-order valence-corrected chi connectivity index (χ2v) is 5.85. The Kier molecular flexibility index (Phi) is 4.86. The fourth-order valence-electron chi connectivity index (χ4n) is 1.77. The SMILES string of the molecule is CCCNC(c1ccnc(C)n1)c1sccc1Br. The molecule has 1 N–H and O–H groups in total. The zero-order chi connectivity index (χ0) is 13.0. The van der Waals surface area contributed by atoms with Crippen molar-refractivity contribution in [2.45, 2.75) is 26.3 Å². The van der Waals surface area contributed by atoms with Gasteiger partial charge in [0.15, 0.2) is 0 Å². The lowest BCUT2D eigenvalue weighted by molar-refractivity contribution is 0.589. The summed E-state index contributed by atoms with van der Waals surface area (Å²) in [6.45, 7) is 5.06. The van der Waals surface area contributed by atoms with Crippen LogP contribution in [0.4, 0.5) is 0 Å². The van der Waals surface area contributed by atoms with Crippen LogP contribution in [0.25, 0.3) is 0 Å². The van der Waals surface area contributed by atoms with E-state index in [2.05, 4.69) is 49.6 Å². The molecule has 0 aliphatic carbocycles. The van der Waals surface area contributed by atoms with Crippen molar-refractivity contribution >= 4 is 27.3 Å². The zero-order valence-electron chi connectivity index (χ0n) is 10.5. The molecule has 0 aliphatic heterocycles. The van der Waals surface area contributed by atoms with Crippen molar-refractivity contribution in [1.29, 1.82) is 0 Å². The first-order valence-electron chi connectivity index (χ1n) is 5.98. The van der Waals surface area contributed by atoms with Crippen molar-refractivity contribution < 1.29 is 0 Å². The molecule has 3 nitrogen and oxygen atoms in total. The van der Waals surface area contributed by atoms with Gasteiger partial charge in [-0.2, -0.15) is 0 Å². The van der Waals surface area contributed by atoms with Crippen molar-refractivity contribution in [3.8, 4) is 0 Å². The van der Waals surface area contributed by atoms with Crippen LogP contribution in [0.5, 0.6) is 0 Å². The summed E-state index contributed by atoms with van der Waals surface area (Å²) in [5.41, 5.74) is 1.03. The topological polar surface area (TPSA) is 37.8 Å². The maximum atomic E-state index is 4.54. The fourth-order valence-corrected chi connectivity index (χ4v) is 3.45. The minimum Gasteiger partial charge on any atom is -0.304 e. The predicted molar refractivity (Wildman–Crippen MR) is 78.9 cm³/mol. The number of hydrogen-bond donors (Lipinski definition) is 1. The summed E-state index contributed by atoms with van der Waals surface area (Å²) >= 11 is 5.34. The zero-order valence-corrected chi connectivity index (χ0v) is 12.9. The van der Waals surface area contributed by atoms with Crippen LogP contribution in [0.15, 0.2) is 28.2 Å². The van der Waals surface area contributed by atoms with E-state index >= 15 is 0 Å². The van der Waals surface area contributed by atoms with E-state index < -0.39 is 0 Å². The molecule has 0 aliphatic rings. The minimum absolute atomic E-state index is 0.140. The van der Waals surface area contributed by atoms with Gasteiger partial charge in [0.1, 0.15) is 5.82 Å². The summed E-state index contributed by atoms with van der Waals surface area (Å²) in [4.78, 5) is 9.96. The molecular weight excluding hydrogens is 310 g/mol. The van der Waals surface area contributed by atoms with E-state index in [-0.39, 0.29) is 6.04 Å². The van der Waals surface area contributed by atoms with Crippen molar-refractivity contribution in [3.63, 3.8) is 0 Å². The van der Waals surface area contributed by atoms with Gasteiger partial charge in [0.25, 0.3) is 0 Å². The maximum absolute atomic E-state index is 4.54. The Bertz CT molecular complexity index is 512. The first-order chi connectivity index (χ1) is 8.72. The molecule has 1 atom stereocenters. The highest BCUT2D eigenvalue weighted by Gasteiger charge is 2.18. The van der Waals surface area contributed by atoms with Crippen molar-refractivity contribution in [3.05, 3.63) is 44.6 Å². The van der Waals surface area contributed by atoms with E-state index in [1.807, 2.05) is 19.2 Å². The second-order valence-electron chi connectivity index (χ2n) is 4.05. The Morgan fingerprint density at radius 1 is 1.44 bits per heavy atom. The van der Waals surface area contributed by atoms with Gasteiger partial charge in [-0.25, -0.2) is 9.97 Å². The van der Waals surface area contributed by atoms with Gasteiger partial charge in [0.2, 0.25) is 0 Å². The van der Waals surface area contributed by atoms with Crippen LogP contribution in [-0.4, -0.2) is 16.5 Å². The lowest BCUT2D eigenvalue weighted by Gasteiger charge is -2.17. The van der Waals surface area contributed by atoms with E-state index in [1.54, 1.807) is 11.3 Å². The van der Waals surface area contributed by atoms with Crippen LogP contribution in [0.3, 0.4) is 0 Å². The third-order valence-electron chi connectivity index (χ3n) is 2.60. The van der Waals surface area contributed by atoms with Gasteiger partial charge in [-0.15, -0.1) is 11.3 Å². The first kappa shape index (κ1) is 13.6. The maximum Gasteiger partial charge on any atom is 0.125 e. The van der Waals surface area contributed by atoms with Gasteiger partial charge < -0.3 is 5.32 Å². The molecule has 0 bridgehead atoms. The standard InChI is InChI=1S/C13H16BrN3S/c1-3-6-16-12(13-10(14)5-8-18-13)11-4-7-15-9(2)17-11/h4-5,7-8,12,16H,3,6H2,1-2H3. The average molecular weight is 326 g/mol. The quantitative estimate of drug-likeness (QED) is 0.910. The lowest BCUT2D eigenvalue weighted by Crippen LogP contribution is -2.23. The number of nitrogens with zero attached hydrogens (tertiary/aromatic N) is 2. The van der Waals surface area contributed by atoms with Gasteiger partial charge in [-0.1, -0.05) is 6.92 Å². The molecule has 0 saturated carbocycles. The fraction of sp³-hybridized carbons (Fsp3) is 0.385. The minimum atomic E-state index is 0.140. The first-order valence-corrected chi connectivity index (χ1v) is 7.65. The van der Waals surface area contributed by atoms with Crippen molar-refractivity contribution in [2.24, 2.45) is 0 Å². The van der Waals surface area contributed by atoms with Gasteiger partial charge >= 0.3 is 0 Å². The number of hydrogen-bond acceptors (Lipinski definition) is 4. The molecule has 2 heterocycles. The predicted octanol–water partition coefficient (Wildman–Crippen LogP) is 3.70. The smallest absolute Gasteiger partial charge is 0.125 e. The summed E-state index contributed by atoms with van der Waals surface area (Å²) in [6, 6.07) is 4.20. The molecular formula is C13H16BrN3S. The molecule has 1 unspecified atom stereocenters. The average Bonchev–Trinajstić information content (AvgIpc) is 2.77. The van der Waals surface area contributed by atoms with Crippen LogP contribution in [-0.2, 0) is 0 Å². The van der Waals surface area contributed by atoms with E-state index in [0.29, 0.717) is 0 Å². The monoisotopic (exact) mass is 325 g/mol. The summed E-state index contributed by atoms with van der Waals surface area (Å²) in [7, 11) is 0. The highest BCUT2D eigenvalue weighted by molar-refractivity contribution is 9.10. The third kappa shape index (κ3) is 3.16. The van der Waals surface area contributed by atoms with Gasteiger partial charge in [0, 0.05) is 15.5 Å². The summed E-state index contributed by atoms with van der Waals surface area (Å²) < 4.78 is 1.14. The third-order valence-corrected chi connectivity index (χ3v) is 4.53. The van der Waals surface area contributed by atoms with Gasteiger partial charge in [0.05, 0.1) is 11.7 Å². The van der Waals surface area contributed by atoms with Crippen LogP contribution in [0, 0.1) is 6.92 Å². The lowest BCUT2D eigenvalue weighted by atomic mass is 10.1. The molecule has 2 rings (SSSR count). The van der Waals surface area contributed by atoms with Crippen molar-refractivity contribution in [2.75, 3.05) is 6.54 Å². The number of thiophene rings is 1. The Labute approximate surface area is 120 Å². The van der Waals surface area contributed by atoms with Gasteiger partial charge in [-0.3, -0.25) is 0 Å². The van der Waals surface area contributed by atoms with Crippen LogP contribution >= 0.6 is 27.3 Å². The Hall–Kier alpha value is -0.780. The van der Waals surface area contributed by atoms with Crippen LogP contribution in [0.2, 0.25) is 0 Å². The molecule has 0 radical (unpaired) electrons. The molecule has 0 fully saturated rings.